The third-order valence-corrected chi connectivity index (χ3v) is 5.51. The molecule has 5 nitrogen and oxygen atoms in total. The lowest BCUT2D eigenvalue weighted by atomic mass is 10.1. The van der Waals surface area contributed by atoms with Gasteiger partial charge in [0.2, 0.25) is 10.0 Å². The summed E-state index contributed by atoms with van der Waals surface area (Å²) in [5.41, 5.74) is 1.54. The molecule has 0 fully saturated rings. The highest BCUT2D eigenvalue weighted by Crippen LogP contribution is 2.16. The van der Waals surface area contributed by atoms with Gasteiger partial charge in [0, 0.05) is 19.2 Å². The van der Waals surface area contributed by atoms with Crippen LogP contribution in [0.3, 0.4) is 0 Å². The first-order valence-corrected chi connectivity index (χ1v) is 9.77. The Morgan fingerprint density at radius 3 is 2.46 bits per heavy atom. The number of pyridine rings is 1. The largest absolute Gasteiger partial charge is 0.308 e. The molecule has 1 N–H and O–H groups in total. The van der Waals surface area contributed by atoms with Crippen LogP contribution in [0, 0.1) is 5.82 Å². The number of aryl methyl sites for hydroxylation is 1. The average Bonchev–Trinajstić information content (AvgIpc) is 2.63. The molecule has 3 rings (SSSR count). The van der Waals surface area contributed by atoms with Gasteiger partial charge in [-0.15, -0.1) is 0 Å². The second kappa shape index (κ2) is 7.39. The minimum absolute atomic E-state index is 0.0106. The molecule has 1 heterocycles. The lowest BCUT2D eigenvalue weighted by Gasteiger charge is -2.11. The molecule has 0 saturated carbocycles. The van der Waals surface area contributed by atoms with Crippen LogP contribution < -0.4 is 10.3 Å². The van der Waals surface area contributed by atoms with Crippen LogP contribution >= 0.6 is 0 Å². The predicted octanol–water partition coefficient (Wildman–Crippen LogP) is 3.03. The summed E-state index contributed by atoms with van der Waals surface area (Å²) in [4.78, 5) is 12.0. The Balaban J connectivity index is 1.84. The van der Waals surface area contributed by atoms with Crippen LogP contribution in [-0.4, -0.2) is 13.0 Å². The first-order valence-electron chi connectivity index (χ1n) is 8.28. The summed E-state index contributed by atoms with van der Waals surface area (Å²) in [6, 6.07) is 13.4. The monoisotopic (exact) mass is 374 g/mol. The van der Waals surface area contributed by atoms with E-state index in [1.54, 1.807) is 16.7 Å². The van der Waals surface area contributed by atoms with E-state index in [1.165, 1.54) is 18.2 Å². The third-order valence-electron chi connectivity index (χ3n) is 4.09. The molecule has 1 aromatic heterocycles. The Labute approximate surface area is 151 Å². The second-order valence-electron chi connectivity index (χ2n) is 5.99. The van der Waals surface area contributed by atoms with Gasteiger partial charge in [0.15, 0.2) is 0 Å². The van der Waals surface area contributed by atoms with Gasteiger partial charge in [0.1, 0.15) is 5.82 Å². The Kier molecular flexibility index (Phi) is 5.20. The molecule has 0 aliphatic rings. The van der Waals surface area contributed by atoms with E-state index in [9.17, 15) is 17.6 Å². The molecular weight excluding hydrogens is 355 g/mol. The SMILES string of the molecule is CCCn1c(=O)ccc2cc(CNS(=O)(=O)c3ccc(F)cc3)ccc21. The van der Waals surface area contributed by atoms with Gasteiger partial charge >= 0.3 is 0 Å². The van der Waals surface area contributed by atoms with Crippen molar-refractivity contribution in [2.24, 2.45) is 0 Å². The Morgan fingerprint density at radius 1 is 1.04 bits per heavy atom. The molecule has 0 bridgehead atoms. The molecule has 0 saturated heterocycles. The molecule has 7 heteroatoms. The van der Waals surface area contributed by atoms with Crippen LogP contribution in [0.25, 0.3) is 10.9 Å². The van der Waals surface area contributed by atoms with Gasteiger partial charge in [-0.05, 0) is 59.8 Å². The van der Waals surface area contributed by atoms with Crippen LogP contribution in [0.4, 0.5) is 4.39 Å². The number of hydrogen-bond donors (Lipinski definition) is 1. The van der Waals surface area contributed by atoms with E-state index in [1.807, 2.05) is 19.1 Å². The summed E-state index contributed by atoms with van der Waals surface area (Å²) in [7, 11) is -3.72. The summed E-state index contributed by atoms with van der Waals surface area (Å²) in [5.74, 6) is -0.489. The van der Waals surface area contributed by atoms with Crippen molar-refractivity contribution in [2.45, 2.75) is 31.3 Å². The molecule has 26 heavy (non-hydrogen) atoms. The van der Waals surface area contributed by atoms with Gasteiger partial charge in [0.25, 0.3) is 5.56 Å². The smallest absolute Gasteiger partial charge is 0.251 e. The molecule has 0 aliphatic carbocycles. The van der Waals surface area contributed by atoms with Crippen LogP contribution in [0.2, 0.25) is 0 Å². The number of fused-ring (bicyclic) bond motifs is 1. The highest BCUT2D eigenvalue weighted by Gasteiger charge is 2.14. The maximum atomic E-state index is 13.0. The van der Waals surface area contributed by atoms with Crippen LogP contribution in [0.5, 0.6) is 0 Å². The Morgan fingerprint density at radius 2 is 1.77 bits per heavy atom. The van der Waals surface area contributed by atoms with Crippen molar-refractivity contribution in [2.75, 3.05) is 0 Å². The van der Waals surface area contributed by atoms with Crippen molar-refractivity contribution in [1.82, 2.24) is 9.29 Å². The third kappa shape index (κ3) is 3.84. The molecule has 2 aromatic carbocycles. The minimum Gasteiger partial charge on any atom is -0.308 e. The topological polar surface area (TPSA) is 68.2 Å². The molecule has 0 spiro atoms. The first kappa shape index (κ1) is 18.3. The second-order valence-corrected chi connectivity index (χ2v) is 7.76. The fourth-order valence-corrected chi connectivity index (χ4v) is 3.81. The summed E-state index contributed by atoms with van der Waals surface area (Å²) in [6.45, 7) is 2.74. The molecule has 0 atom stereocenters. The number of halogens is 1. The van der Waals surface area contributed by atoms with Crippen molar-refractivity contribution in [1.29, 1.82) is 0 Å². The number of aromatic nitrogens is 1. The molecule has 0 unspecified atom stereocenters. The van der Waals surface area contributed by atoms with Crippen molar-refractivity contribution in [3.63, 3.8) is 0 Å². The number of nitrogens with one attached hydrogen (secondary N) is 1. The lowest BCUT2D eigenvalue weighted by Crippen LogP contribution is -2.23. The zero-order chi connectivity index (χ0) is 18.7. The molecule has 0 amide bonds. The Bertz CT molecular complexity index is 1090. The van der Waals surface area contributed by atoms with E-state index in [4.69, 9.17) is 0 Å². The van der Waals surface area contributed by atoms with Gasteiger partial charge in [0.05, 0.1) is 10.4 Å². The van der Waals surface area contributed by atoms with Crippen molar-refractivity contribution in [3.8, 4) is 0 Å². The summed E-state index contributed by atoms with van der Waals surface area (Å²) in [6.07, 6.45) is 0.845. The van der Waals surface area contributed by atoms with Gasteiger partial charge < -0.3 is 4.57 Å². The van der Waals surface area contributed by atoms with E-state index in [2.05, 4.69) is 4.72 Å². The van der Waals surface area contributed by atoms with Crippen molar-refractivity contribution >= 4 is 20.9 Å². The zero-order valence-electron chi connectivity index (χ0n) is 14.3. The van der Waals surface area contributed by atoms with Crippen molar-refractivity contribution in [3.05, 3.63) is 76.3 Å². The fourth-order valence-electron chi connectivity index (χ4n) is 2.79. The van der Waals surface area contributed by atoms with Gasteiger partial charge in [-0.3, -0.25) is 4.79 Å². The lowest BCUT2D eigenvalue weighted by molar-refractivity contribution is 0.580. The van der Waals surface area contributed by atoms with Gasteiger partial charge in [-0.25, -0.2) is 17.5 Å². The average molecular weight is 374 g/mol. The summed E-state index contributed by atoms with van der Waals surface area (Å²) >= 11 is 0. The van der Waals surface area contributed by atoms with Gasteiger partial charge in [-0.2, -0.15) is 0 Å². The molecule has 136 valence electrons. The zero-order valence-corrected chi connectivity index (χ0v) is 15.1. The number of sulfonamides is 1. The normalized spacial score (nSPS) is 11.8. The van der Waals surface area contributed by atoms with E-state index in [-0.39, 0.29) is 17.0 Å². The molecule has 0 radical (unpaired) electrons. The maximum absolute atomic E-state index is 13.0. The molecule has 3 aromatic rings. The standard InChI is InChI=1S/C19H19FN2O3S/c1-2-11-22-18-9-3-14(12-15(18)4-10-19(22)23)13-21-26(24,25)17-7-5-16(20)6-8-17/h3-10,12,21H,2,11,13H2,1H3. The number of benzene rings is 2. The van der Waals surface area contributed by atoms with Crippen molar-refractivity contribution < 1.29 is 12.8 Å². The van der Waals surface area contributed by atoms with E-state index in [0.717, 1.165) is 35.0 Å². The van der Waals surface area contributed by atoms with E-state index in [0.29, 0.717) is 6.54 Å². The van der Waals surface area contributed by atoms with Crippen LogP contribution in [0.15, 0.2) is 64.3 Å². The predicted molar refractivity (Wildman–Crippen MR) is 98.9 cm³/mol. The minimum atomic E-state index is -3.72. The van der Waals surface area contributed by atoms with E-state index < -0.39 is 15.8 Å². The van der Waals surface area contributed by atoms with Crippen LogP contribution in [0.1, 0.15) is 18.9 Å². The number of rotatable bonds is 6. The summed E-state index contributed by atoms with van der Waals surface area (Å²) in [5, 5.41) is 0.872. The molecule has 0 aliphatic heterocycles. The fraction of sp³-hybridized carbons (Fsp3) is 0.211. The maximum Gasteiger partial charge on any atom is 0.251 e. The first-order chi connectivity index (χ1) is 12.4. The molecular formula is C19H19FN2O3S. The van der Waals surface area contributed by atoms with Gasteiger partial charge in [-0.1, -0.05) is 13.0 Å². The van der Waals surface area contributed by atoms with Crippen LogP contribution in [-0.2, 0) is 23.1 Å². The van der Waals surface area contributed by atoms with E-state index >= 15 is 0 Å². The quantitative estimate of drug-likeness (QED) is 0.721. The number of nitrogens with zero attached hydrogens (tertiary/aromatic N) is 1. The summed E-state index contributed by atoms with van der Waals surface area (Å²) < 4.78 is 41.7. The highest BCUT2D eigenvalue weighted by atomic mass is 32.2. The number of hydrogen-bond acceptors (Lipinski definition) is 3. The highest BCUT2D eigenvalue weighted by molar-refractivity contribution is 7.89. The Hall–Kier alpha value is -2.51.